The number of rotatable bonds is 6. The van der Waals surface area contributed by atoms with E-state index in [1.165, 1.54) is 0 Å². The first-order valence-electron chi connectivity index (χ1n) is 7.55. The van der Waals surface area contributed by atoms with Crippen LogP contribution < -0.4 is 5.32 Å². The van der Waals surface area contributed by atoms with E-state index < -0.39 is 23.2 Å². The summed E-state index contributed by atoms with van der Waals surface area (Å²) in [5.74, 6) is -0.867. The van der Waals surface area contributed by atoms with Crippen molar-refractivity contribution < 1.29 is 19.4 Å². The molecule has 7 heteroatoms. The van der Waals surface area contributed by atoms with Gasteiger partial charge in [-0.05, 0) is 41.8 Å². The Morgan fingerprint density at radius 3 is 2.32 bits per heavy atom. The third kappa shape index (κ3) is 5.46. The number of aliphatic carboxylic acids is 1. The molecule has 1 heterocycles. The summed E-state index contributed by atoms with van der Waals surface area (Å²) in [7, 11) is 3.95. The summed E-state index contributed by atoms with van der Waals surface area (Å²) < 4.78 is 5.31. The molecule has 1 aliphatic rings. The number of amides is 1. The molecule has 2 N–H and O–H groups in total. The number of ether oxygens (including phenoxy) is 1. The van der Waals surface area contributed by atoms with Crippen molar-refractivity contribution in [2.45, 2.75) is 51.3 Å². The number of likely N-dealkylation sites (N-methyl/N-ethyl adjacent to an activating group) is 1. The van der Waals surface area contributed by atoms with Gasteiger partial charge in [0.1, 0.15) is 5.60 Å². The summed E-state index contributed by atoms with van der Waals surface area (Å²) in [5, 5.41) is 12.4. The van der Waals surface area contributed by atoms with Crippen LogP contribution in [0.3, 0.4) is 0 Å². The van der Waals surface area contributed by atoms with E-state index in [1.807, 2.05) is 34.9 Å². The molecule has 1 saturated heterocycles. The lowest BCUT2D eigenvalue weighted by Gasteiger charge is -2.50. The Labute approximate surface area is 132 Å². The van der Waals surface area contributed by atoms with Crippen molar-refractivity contribution >= 4 is 12.1 Å². The fourth-order valence-corrected chi connectivity index (χ4v) is 2.26. The Morgan fingerprint density at radius 1 is 1.36 bits per heavy atom. The highest BCUT2D eigenvalue weighted by Gasteiger charge is 2.47. The van der Waals surface area contributed by atoms with Crippen LogP contribution in [0.2, 0.25) is 0 Å². The maximum absolute atomic E-state index is 12.0. The van der Waals surface area contributed by atoms with Crippen molar-refractivity contribution in [3.63, 3.8) is 0 Å². The molecule has 22 heavy (non-hydrogen) atoms. The van der Waals surface area contributed by atoms with Crippen molar-refractivity contribution in [2.24, 2.45) is 0 Å². The van der Waals surface area contributed by atoms with Gasteiger partial charge in [-0.15, -0.1) is 0 Å². The van der Waals surface area contributed by atoms with Crippen LogP contribution in [0.25, 0.3) is 0 Å². The molecule has 0 aromatic rings. The van der Waals surface area contributed by atoms with Gasteiger partial charge >= 0.3 is 12.1 Å². The monoisotopic (exact) mass is 315 g/mol. The smallest absolute Gasteiger partial charge is 0.410 e. The van der Waals surface area contributed by atoms with Gasteiger partial charge in [-0.25, -0.2) is 4.79 Å². The quantitative estimate of drug-likeness (QED) is 0.761. The molecule has 0 aromatic carbocycles. The van der Waals surface area contributed by atoms with Gasteiger partial charge in [0.25, 0.3) is 0 Å². The van der Waals surface area contributed by atoms with Gasteiger partial charge in [-0.3, -0.25) is 4.79 Å². The molecule has 1 amide bonds. The van der Waals surface area contributed by atoms with Crippen molar-refractivity contribution in [3.05, 3.63) is 0 Å². The first-order valence-corrected chi connectivity index (χ1v) is 7.55. The third-order valence-corrected chi connectivity index (χ3v) is 3.78. The van der Waals surface area contributed by atoms with Gasteiger partial charge in [0, 0.05) is 25.7 Å². The summed E-state index contributed by atoms with van der Waals surface area (Å²) >= 11 is 0. The van der Waals surface area contributed by atoms with Gasteiger partial charge < -0.3 is 25.0 Å². The topological polar surface area (TPSA) is 82.1 Å². The summed E-state index contributed by atoms with van der Waals surface area (Å²) in [6.07, 6.45) is -0.400. The Balaban J connectivity index is 2.59. The standard InChI is InChI=1S/C15H29N3O4/c1-11(17(5)6)8-16-15(7-12(19)20)9-18(10-15)13(21)22-14(2,3)4/h11,16H,7-10H2,1-6H3,(H,19,20). The molecule has 0 aliphatic carbocycles. The van der Waals surface area contributed by atoms with Gasteiger partial charge in [-0.1, -0.05) is 0 Å². The maximum atomic E-state index is 12.0. The van der Waals surface area contributed by atoms with Crippen LogP contribution in [0, 0.1) is 0 Å². The molecule has 0 radical (unpaired) electrons. The van der Waals surface area contributed by atoms with Gasteiger partial charge in [0.15, 0.2) is 0 Å². The average molecular weight is 315 g/mol. The Kier molecular flexibility index (Phi) is 5.81. The average Bonchev–Trinajstić information content (AvgIpc) is 2.27. The number of carbonyl (C=O) groups excluding carboxylic acids is 1. The zero-order valence-electron chi connectivity index (χ0n) is 14.5. The van der Waals surface area contributed by atoms with E-state index in [1.54, 1.807) is 4.90 Å². The molecule has 128 valence electrons. The largest absolute Gasteiger partial charge is 0.481 e. The first kappa shape index (κ1) is 18.7. The Hall–Kier alpha value is -1.34. The molecular weight excluding hydrogens is 286 g/mol. The molecule has 7 nitrogen and oxygen atoms in total. The highest BCUT2D eigenvalue weighted by molar-refractivity contribution is 5.73. The van der Waals surface area contributed by atoms with Crippen LogP contribution in [0.4, 0.5) is 4.79 Å². The predicted molar refractivity (Wildman–Crippen MR) is 83.9 cm³/mol. The van der Waals surface area contributed by atoms with Crippen molar-refractivity contribution in [3.8, 4) is 0 Å². The second-order valence-corrected chi connectivity index (χ2v) is 7.38. The lowest BCUT2D eigenvalue weighted by molar-refractivity contribution is -0.141. The molecule has 1 rings (SSSR count). The zero-order valence-corrected chi connectivity index (χ0v) is 14.5. The molecule has 1 aliphatic heterocycles. The van der Waals surface area contributed by atoms with E-state index in [0.29, 0.717) is 19.6 Å². The molecular formula is C15H29N3O4. The molecule has 0 saturated carbocycles. The van der Waals surface area contributed by atoms with E-state index in [-0.39, 0.29) is 12.5 Å². The fourth-order valence-electron chi connectivity index (χ4n) is 2.26. The normalized spacial score (nSPS) is 18.8. The van der Waals surface area contributed by atoms with Crippen LogP contribution >= 0.6 is 0 Å². The van der Waals surface area contributed by atoms with Crippen molar-refractivity contribution in [1.29, 1.82) is 0 Å². The number of nitrogens with one attached hydrogen (secondary N) is 1. The highest BCUT2D eigenvalue weighted by atomic mass is 16.6. The van der Waals surface area contributed by atoms with Gasteiger partial charge in [0.05, 0.1) is 12.0 Å². The fraction of sp³-hybridized carbons (Fsp3) is 0.867. The van der Waals surface area contributed by atoms with Crippen molar-refractivity contribution in [2.75, 3.05) is 33.7 Å². The van der Waals surface area contributed by atoms with E-state index >= 15 is 0 Å². The second-order valence-electron chi connectivity index (χ2n) is 7.38. The molecule has 0 aromatic heterocycles. The van der Waals surface area contributed by atoms with Crippen LogP contribution in [0.5, 0.6) is 0 Å². The third-order valence-electron chi connectivity index (χ3n) is 3.78. The maximum Gasteiger partial charge on any atom is 0.410 e. The number of likely N-dealkylation sites (tertiary alicyclic amines) is 1. The summed E-state index contributed by atoms with van der Waals surface area (Å²) in [6, 6.07) is 0.279. The number of carboxylic acid groups (broad SMARTS) is 1. The molecule has 0 spiro atoms. The summed E-state index contributed by atoms with van der Waals surface area (Å²) in [6.45, 7) is 8.88. The molecule has 0 bridgehead atoms. The predicted octanol–water partition coefficient (Wildman–Crippen LogP) is 0.990. The SMILES string of the molecule is CC(CNC1(CC(=O)O)CN(C(=O)OC(C)(C)C)C1)N(C)C. The van der Waals surface area contributed by atoms with E-state index in [4.69, 9.17) is 9.84 Å². The minimum atomic E-state index is -0.867. The number of hydrogen-bond donors (Lipinski definition) is 2. The zero-order chi connectivity index (χ0) is 17.1. The van der Waals surface area contributed by atoms with Crippen molar-refractivity contribution in [1.82, 2.24) is 15.1 Å². The highest BCUT2D eigenvalue weighted by Crippen LogP contribution is 2.27. The number of hydrogen-bond acceptors (Lipinski definition) is 5. The molecule has 1 atom stereocenters. The van der Waals surface area contributed by atoms with Crippen LogP contribution in [-0.4, -0.2) is 77.9 Å². The first-order chi connectivity index (χ1) is 9.94. The Morgan fingerprint density at radius 2 is 1.91 bits per heavy atom. The van der Waals surface area contributed by atoms with Gasteiger partial charge in [-0.2, -0.15) is 0 Å². The summed E-state index contributed by atoms with van der Waals surface area (Å²) in [4.78, 5) is 26.7. The minimum absolute atomic E-state index is 0.00749. The number of carbonyl (C=O) groups is 2. The van der Waals surface area contributed by atoms with Crippen LogP contribution in [0.15, 0.2) is 0 Å². The van der Waals surface area contributed by atoms with E-state index in [9.17, 15) is 9.59 Å². The second kappa shape index (κ2) is 6.83. The minimum Gasteiger partial charge on any atom is -0.481 e. The number of carboxylic acids is 1. The van der Waals surface area contributed by atoms with Crippen LogP contribution in [-0.2, 0) is 9.53 Å². The van der Waals surface area contributed by atoms with Crippen LogP contribution in [0.1, 0.15) is 34.1 Å². The molecule has 1 fully saturated rings. The lowest BCUT2D eigenvalue weighted by Crippen LogP contribution is -2.72. The van der Waals surface area contributed by atoms with E-state index in [2.05, 4.69) is 17.1 Å². The summed E-state index contributed by atoms with van der Waals surface area (Å²) in [5.41, 5.74) is -1.11. The number of nitrogens with zero attached hydrogens (tertiary/aromatic N) is 2. The molecule has 1 unspecified atom stereocenters. The Bertz CT molecular complexity index is 412. The van der Waals surface area contributed by atoms with E-state index in [0.717, 1.165) is 0 Å². The van der Waals surface area contributed by atoms with Gasteiger partial charge in [0.2, 0.25) is 0 Å². The lowest BCUT2D eigenvalue weighted by atomic mass is 9.86.